The maximum Gasteiger partial charge on any atom is 0.159 e. The van der Waals surface area contributed by atoms with Crippen molar-refractivity contribution < 1.29 is 15.0 Å². The van der Waals surface area contributed by atoms with Gasteiger partial charge in [-0.1, -0.05) is 6.07 Å². The molecule has 1 aliphatic rings. The molecule has 1 aromatic heterocycles. The van der Waals surface area contributed by atoms with E-state index in [0.29, 0.717) is 12.1 Å². The molecule has 1 atom stereocenters. The second-order valence-electron chi connectivity index (χ2n) is 7.00. The molecule has 4 rings (SSSR count). The zero-order valence-electron chi connectivity index (χ0n) is 15.0. The fourth-order valence-electron chi connectivity index (χ4n) is 4.15. The van der Waals surface area contributed by atoms with Crippen molar-refractivity contribution in [2.45, 2.75) is 32.4 Å². The van der Waals surface area contributed by atoms with Crippen LogP contribution in [0.3, 0.4) is 0 Å². The topological polar surface area (TPSA) is 74.5 Å². The first-order valence-corrected chi connectivity index (χ1v) is 9.20. The quantitative estimate of drug-likeness (QED) is 0.471. The summed E-state index contributed by atoms with van der Waals surface area (Å²) in [7, 11) is 0. The average molecular weight is 352 g/mol. The van der Waals surface area contributed by atoms with Gasteiger partial charge in [0.2, 0.25) is 0 Å². The summed E-state index contributed by atoms with van der Waals surface area (Å²) in [6.07, 6.45) is 1.22. The predicted molar refractivity (Wildman–Crippen MR) is 103 cm³/mol. The molecule has 3 aromatic rings. The van der Waals surface area contributed by atoms with Crippen LogP contribution in [0.5, 0.6) is 0 Å². The molecule has 0 fully saturated rings. The van der Waals surface area contributed by atoms with Crippen molar-refractivity contribution in [2.24, 2.45) is 0 Å². The number of nitrogens with zero attached hydrogens (tertiary/aromatic N) is 1. The molecule has 0 amide bonds. The summed E-state index contributed by atoms with van der Waals surface area (Å²) >= 11 is 0. The summed E-state index contributed by atoms with van der Waals surface area (Å²) in [6.45, 7) is 3.83. The number of aromatic nitrogens is 1. The Bertz CT molecular complexity index is 990. The van der Waals surface area contributed by atoms with Gasteiger partial charge in [0.1, 0.15) is 0 Å². The summed E-state index contributed by atoms with van der Waals surface area (Å²) in [5, 5.41) is 24.7. The molecule has 26 heavy (non-hydrogen) atoms. The van der Waals surface area contributed by atoms with Gasteiger partial charge >= 0.3 is 0 Å². The lowest BCUT2D eigenvalue weighted by atomic mass is 10.0. The normalized spacial score (nSPS) is 16.5. The van der Waals surface area contributed by atoms with Crippen molar-refractivity contribution in [3.8, 4) is 0 Å². The number of nitrogens with one attached hydrogen (secondary N) is 1. The van der Waals surface area contributed by atoms with E-state index in [1.807, 2.05) is 24.3 Å². The van der Waals surface area contributed by atoms with Gasteiger partial charge < -0.3 is 20.1 Å². The third-order valence-electron chi connectivity index (χ3n) is 5.41. The summed E-state index contributed by atoms with van der Waals surface area (Å²) < 4.78 is 2.27. The van der Waals surface area contributed by atoms with Gasteiger partial charge in [-0.2, -0.15) is 0 Å². The first-order valence-electron chi connectivity index (χ1n) is 9.20. The van der Waals surface area contributed by atoms with Crippen molar-refractivity contribution in [2.75, 3.05) is 19.7 Å². The van der Waals surface area contributed by atoms with E-state index in [2.05, 4.69) is 16.0 Å². The van der Waals surface area contributed by atoms with E-state index >= 15 is 0 Å². The highest BCUT2D eigenvalue weighted by atomic mass is 16.3. The molecule has 3 N–H and O–H groups in total. The maximum atomic E-state index is 11.9. The molecule has 0 aliphatic heterocycles. The highest BCUT2D eigenvalue weighted by molar-refractivity contribution is 6.12. The van der Waals surface area contributed by atoms with E-state index in [-0.39, 0.29) is 12.4 Å². The van der Waals surface area contributed by atoms with Crippen LogP contribution in [0.4, 0.5) is 0 Å². The smallest absolute Gasteiger partial charge is 0.159 e. The minimum absolute atomic E-state index is 0.0602. The molecule has 1 heterocycles. The molecular formula is C21H24N2O3. The molecule has 5 nitrogen and oxygen atoms in total. The van der Waals surface area contributed by atoms with Crippen molar-refractivity contribution >= 4 is 27.6 Å². The number of rotatable bonds is 6. The van der Waals surface area contributed by atoms with Gasteiger partial charge in [-0.15, -0.1) is 0 Å². The highest BCUT2D eigenvalue weighted by Gasteiger charge is 2.25. The first kappa shape index (κ1) is 17.2. The summed E-state index contributed by atoms with van der Waals surface area (Å²) in [4.78, 5) is 11.9. The second kappa shape index (κ2) is 6.83. The Labute approximate surface area is 152 Å². The van der Waals surface area contributed by atoms with E-state index in [4.69, 9.17) is 5.11 Å². The fourth-order valence-corrected chi connectivity index (χ4v) is 4.15. The number of carbonyl (C=O) groups is 1. The Hall–Kier alpha value is -2.21. The summed E-state index contributed by atoms with van der Waals surface area (Å²) in [5.74, 6) is 0.0602. The lowest BCUT2D eigenvalue weighted by molar-refractivity contribution is 0.101. The van der Waals surface area contributed by atoms with Gasteiger partial charge in [0, 0.05) is 47.0 Å². The van der Waals surface area contributed by atoms with Crippen LogP contribution < -0.4 is 5.32 Å². The Balaban J connectivity index is 1.93. The molecule has 0 saturated heterocycles. The Morgan fingerprint density at radius 2 is 2.04 bits per heavy atom. The third kappa shape index (κ3) is 2.72. The number of ketones is 1. The number of benzene rings is 2. The number of aliphatic hydroxyl groups excluding tert-OH is 2. The molecule has 0 spiro atoms. The van der Waals surface area contributed by atoms with Crippen LogP contribution in [-0.2, 0) is 13.0 Å². The van der Waals surface area contributed by atoms with Crippen LogP contribution in [0.1, 0.15) is 40.9 Å². The molecule has 136 valence electrons. The molecule has 1 aliphatic carbocycles. The Kier molecular flexibility index (Phi) is 4.53. The lowest BCUT2D eigenvalue weighted by Crippen LogP contribution is -2.22. The van der Waals surface area contributed by atoms with E-state index < -0.39 is 6.10 Å². The van der Waals surface area contributed by atoms with E-state index in [1.54, 1.807) is 6.92 Å². The van der Waals surface area contributed by atoms with Gasteiger partial charge in [-0.3, -0.25) is 4.79 Å². The Morgan fingerprint density at radius 3 is 2.81 bits per heavy atom. The predicted octanol–water partition coefficient (Wildman–Crippen LogP) is 2.56. The van der Waals surface area contributed by atoms with E-state index in [1.165, 1.54) is 10.9 Å². The number of fused-ring (bicyclic) bond motifs is 5. The highest BCUT2D eigenvalue weighted by Crippen LogP contribution is 2.40. The van der Waals surface area contributed by atoms with Gasteiger partial charge in [0.05, 0.1) is 12.7 Å². The number of carbonyl (C=O) groups excluding carboxylic acids is 1. The summed E-state index contributed by atoms with van der Waals surface area (Å²) in [6, 6.07) is 10.0. The molecule has 1 unspecified atom stereocenters. The van der Waals surface area contributed by atoms with Gasteiger partial charge in [0.25, 0.3) is 0 Å². The van der Waals surface area contributed by atoms with Crippen LogP contribution >= 0.6 is 0 Å². The van der Waals surface area contributed by atoms with Crippen LogP contribution in [-0.4, -0.2) is 40.3 Å². The number of aryl methyl sites for hydroxylation is 1. The minimum atomic E-state index is -0.394. The monoisotopic (exact) mass is 352 g/mol. The average Bonchev–Trinajstić information content (AvgIpc) is 3.16. The molecule has 5 heteroatoms. The lowest BCUT2D eigenvalue weighted by Gasteiger charge is -2.09. The van der Waals surface area contributed by atoms with Crippen molar-refractivity contribution in [3.63, 3.8) is 0 Å². The largest absolute Gasteiger partial charge is 0.395 e. The number of hydrogen-bond acceptors (Lipinski definition) is 4. The minimum Gasteiger partial charge on any atom is -0.395 e. The third-order valence-corrected chi connectivity index (χ3v) is 5.41. The second-order valence-corrected chi connectivity index (χ2v) is 7.00. The van der Waals surface area contributed by atoms with Crippen LogP contribution in [0, 0.1) is 0 Å². The molecule has 0 radical (unpaired) electrons. The first-order chi connectivity index (χ1) is 12.6. The van der Waals surface area contributed by atoms with Gasteiger partial charge in [-0.25, -0.2) is 0 Å². The van der Waals surface area contributed by atoms with Crippen molar-refractivity contribution in [3.05, 3.63) is 47.0 Å². The van der Waals surface area contributed by atoms with Gasteiger partial charge in [0.15, 0.2) is 5.78 Å². The fraction of sp³-hybridized carbons (Fsp3) is 0.381. The number of Topliss-reactive ketones (excluding diaryl/α,β-unsaturated/α-hetero) is 1. The van der Waals surface area contributed by atoms with Crippen molar-refractivity contribution in [1.82, 2.24) is 9.88 Å². The van der Waals surface area contributed by atoms with E-state index in [9.17, 15) is 9.90 Å². The molecule has 0 saturated carbocycles. The molecule has 0 bridgehead atoms. The zero-order valence-corrected chi connectivity index (χ0v) is 15.0. The Morgan fingerprint density at radius 1 is 1.23 bits per heavy atom. The number of aliphatic hydroxyl groups is 2. The van der Waals surface area contributed by atoms with Gasteiger partial charge in [-0.05, 0) is 55.2 Å². The zero-order chi connectivity index (χ0) is 18.3. The maximum absolute atomic E-state index is 11.9. The standard InChI is InChI=1S/C21H24N2O3/c1-13(25)14-2-5-18-17(12-14)21-16-4-7-20(26)15(16)3-6-19(21)23(18)10-8-22-9-11-24/h2-3,5-6,12,20,22,24,26H,4,7-11H2,1H3. The van der Waals surface area contributed by atoms with Crippen molar-refractivity contribution in [1.29, 1.82) is 0 Å². The summed E-state index contributed by atoms with van der Waals surface area (Å²) in [5.41, 5.74) is 5.18. The van der Waals surface area contributed by atoms with E-state index in [0.717, 1.165) is 47.9 Å². The van der Waals surface area contributed by atoms with Crippen LogP contribution in [0.2, 0.25) is 0 Å². The number of hydrogen-bond donors (Lipinski definition) is 3. The molecular weight excluding hydrogens is 328 g/mol. The van der Waals surface area contributed by atoms with Crippen LogP contribution in [0.15, 0.2) is 30.3 Å². The SMILES string of the molecule is CC(=O)c1ccc2c(c1)c1c3c(ccc1n2CCNCCO)C(O)CC3. The van der Waals surface area contributed by atoms with Crippen LogP contribution in [0.25, 0.3) is 21.8 Å². The molecule has 2 aromatic carbocycles.